The van der Waals surface area contributed by atoms with Gasteiger partial charge in [0, 0.05) is 34.5 Å². The molecule has 1 atom stereocenters. The molecule has 1 unspecified atom stereocenters. The van der Waals surface area contributed by atoms with Crippen LogP contribution in [0, 0.1) is 5.92 Å². The van der Waals surface area contributed by atoms with Crippen LogP contribution in [0.3, 0.4) is 0 Å². The second-order valence-corrected chi connectivity index (χ2v) is 5.25. The maximum atomic E-state index is 5.96. The second-order valence-electron chi connectivity index (χ2n) is 5.25. The molecule has 0 saturated carbocycles. The van der Waals surface area contributed by atoms with Crippen LogP contribution in [0.4, 0.5) is 0 Å². The van der Waals surface area contributed by atoms with Gasteiger partial charge in [0.1, 0.15) is 0 Å². The standard InChI is InChI=1S/C13H28N2O3/c1-13(10-14,12(17-3)18-4)15-7-5-11(6-8-15)9-16-2/h11-12H,5-10,14H2,1-4H3. The van der Waals surface area contributed by atoms with Gasteiger partial charge < -0.3 is 19.9 Å². The summed E-state index contributed by atoms with van der Waals surface area (Å²) in [5.41, 5.74) is 5.69. The van der Waals surface area contributed by atoms with E-state index in [9.17, 15) is 0 Å². The molecule has 0 aromatic carbocycles. The summed E-state index contributed by atoms with van der Waals surface area (Å²) in [5.74, 6) is 0.664. The average molecular weight is 260 g/mol. The van der Waals surface area contributed by atoms with Gasteiger partial charge in [0.25, 0.3) is 0 Å². The van der Waals surface area contributed by atoms with Gasteiger partial charge in [-0.2, -0.15) is 0 Å². The molecule has 0 amide bonds. The van der Waals surface area contributed by atoms with Crippen molar-refractivity contribution in [2.24, 2.45) is 11.7 Å². The Labute approximate surface area is 111 Å². The lowest BCUT2D eigenvalue weighted by atomic mass is 9.91. The molecule has 1 aliphatic heterocycles. The van der Waals surface area contributed by atoms with E-state index in [0.29, 0.717) is 12.5 Å². The molecule has 1 aliphatic rings. The van der Waals surface area contributed by atoms with Crippen molar-refractivity contribution >= 4 is 0 Å². The van der Waals surface area contributed by atoms with Crippen LogP contribution in [-0.2, 0) is 14.2 Å². The largest absolute Gasteiger partial charge is 0.384 e. The highest BCUT2D eigenvalue weighted by Gasteiger charge is 2.40. The molecule has 1 rings (SSSR count). The van der Waals surface area contributed by atoms with E-state index in [1.54, 1.807) is 21.3 Å². The molecule has 108 valence electrons. The molecule has 2 N–H and O–H groups in total. The van der Waals surface area contributed by atoms with E-state index in [2.05, 4.69) is 11.8 Å². The van der Waals surface area contributed by atoms with Crippen LogP contribution in [0.25, 0.3) is 0 Å². The number of likely N-dealkylation sites (tertiary alicyclic amines) is 1. The average Bonchev–Trinajstić information content (AvgIpc) is 2.41. The Morgan fingerprint density at radius 3 is 2.17 bits per heavy atom. The minimum Gasteiger partial charge on any atom is -0.384 e. The zero-order valence-electron chi connectivity index (χ0n) is 12.1. The van der Waals surface area contributed by atoms with Crippen LogP contribution in [0.5, 0.6) is 0 Å². The topological polar surface area (TPSA) is 57.0 Å². The quantitative estimate of drug-likeness (QED) is 0.682. The van der Waals surface area contributed by atoms with Crippen molar-refractivity contribution in [1.29, 1.82) is 0 Å². The lowest BCUT2D eigenvalue weighted by Gasteiger charge is -2.47. The van der Waals surface area contributed by atoms with Gasteiger partial charge in [0.05, 0.1) is 5.54 Å². The van der Waals surface area contributed by atoms with Crippen molar-refractivity contribution in [3.05, 3.63) is 0 Å². The fourth-order valence-electron chi connectivity index (χ4n) is 2.82. The summed E-state index contributed by atoms with van der Waals surface area (Å²) in [6.07, 6.45) is 1.99. The molecule has 0 radical (unpaired) electrons. The van der Waals surface area contributed by atoms with Gasteiger partial charge in [-0.15, -0.1) is 0 Å². The van der Waals surface area contributed by atoms with Crippen LogP contribution in [-0.4, -0.2) is 64.3 Å². The van der Waals surface area contributed by atoms with Gasteiger partial charge in [0.2, 0.25) is 0 Å². The first-order chi connectivity index (χ1) is 8.62. The Morgan fingerprint density at radius 2 is 1.78 bits per heavy atom. The van der Waals surface area contributed by atoms with Gasteiger partial charge >= 0.3 is 0 Å². The van der Waals surface area contributed by atoms with Crippen LogP contribution >= 0.6 is 0 Å². The highest BCUT2D eigenvalue weighted by atomic mass is 16.7. The molecular weight excluding hydrogens is 232 g/mol. The van der Waals surface area contributed by atoms with Gasteiger partial charge in [-0.1, -0.05) is 0 Å². The summed E-state index contributed by atoms with van der Waals surface area (Å²) in [6, 6.07) is 0. The smallest absolute Gasteiger partial charge is 0.176 e. The van der Waals surface area contributed by atoms with E-state index in [1.807, 2.05) is 0 Å². The minimum atomic E-state index is -0.290. The Hall–Kier alpha value is -0.200. The number of ether oxygens (including phenoxy) is 3. The minimum absolute atomic E-state index is 0.262. The van der Waals surface area contributed by atoms with Crippen LogP contribution < -0.4 is 5.73 Å². The van der Waals surface area contributed by atoms with Gasteiger partial charge in [0.15, 0.2) is 6.29 Å². The summed E-state index contributed by atoms with van der Waals surface area (Å²) in [6.45, 7) is 5.52. The number of hydrogen-bond donors (Lipinski definition) is 1. The summed E-state index contributed by atoms with van der Waals surface area (Å²) < 4.78 is 16.1. The van der Waals surface area contributed by atoms with E-state index < -0.39 is 0 Å². The number of rotatable bonds is 7. The van der Waals surface area contributed by atoms with E-state index in [0.717, 1.165) is 32.5 Å². The third kappa shape index (κ3) is 3.42. The predicted octanol–water partition coefficient (Wildman–Crippen LogP) is 0.681. The molecule has 0 spiro atoms. The zero-order valence-corrected chi connectivity index (χ0v) is 12.1. The molecule has 0 aromatic heterocycles. The molecule has 1 saturated heterocycles. The predicted molar refractivity (Wildman–Crippen MR) is 71.4 cm³/mol. The Balaban J connectivity index is 2.62. The third-order valence-corrected chi connectivity index (χ3v) is 4.09. The first-order valence-corrected chi connectivity index (χ1v) is 6.62. The fraction of sp³-hybridized carbons (Fsp3) is 1.00. The summed E-state index contributed by atoms with van der Waals surface area (Å²) >= 11 is 0. The summed E-state index contributed by atoms with van der Waals surface area (Å²) in [7, 11) is 5.10. The summed E-state index contributed by atoms with van der Waals surface area (Å²) in [5, 5.41) is 0. The molecule has 5 heteroatoms. The first-order valence-electron chi connectivity index (χ1n) is 6.62. The van der Waals surface area contributed by atoms with E-state index in [-0.39, 0.29) is 11.8 Å². The van der Waals surface area contributed by atoms with Crippen molar-refractivity contribution in [3.63, 3.8) is 0 Å². The second kappa shape index (κ2) is 7.40. The molecule has 5 nitrogen and oxygen atoms in total. The normalized spacial score (nSPS) is 22.3. The highest BCUT2D eigenvalue weighted by Crippen LogP contribution is 2.27. The Kier molecular flexibility index (Phi) is 6.52. The van der Waals surface area contributed by atoms with Crippen LogP contribution in [0.1, 0.15) is 19.8 Å². The SMILES string of the molecule is COCC1CCN(C(C)(CN)C(OC)OC)CC1. The summed E-state index contributed by atoms with van der Waals surface area (Å²) in [4.78, 5) is 2.39. The first kappa shape index (κ1) is 15.9. The lowest BCUT2D eigenvalue weighted by Crippen LogP contribution is -2.62. The fourth-order valence-corrected chi connectivity index (χ4v) is 2.82. The molecule has 0 aromatic rings. The lowest BCUT2D eigenvalue weighted by molar-refractivity contribution is -0.185. The molecule has 0 bridgehead atoms. The van der Waals surface area contributed by atoms with E-state index in [4.69, 9.17) is 19.9 Å². The monoisotopic (exact) mass is 260 g/mol. The maximum absolute atomic E-state index is 5.96. The molecule has 1 fully saturated rings. The molecule has 0 aliphatic carbocycles. The van der Waals surface area contributed by atoms with Crippen LogP contribution in [0.15, 0.2) is 0 Å². The van der Waals surface area contributed by atoms with Gasteiger partial charge in [-0.3, -0.25) is 4.90 Å². The van der Waals surface area contributed by atoms with E-state index in [1.165, 1.54) is 0 Å². The number of nitrogens with zero attached hydrogens (tertiary/aromatic N) is 1. The van der Waals surface area contributed by atoms with Crippen molar-refractivity contribution in [2.75, 3.05) is 47.6 Å². The van der Waals surface area contributed by atoms with Gasteiger partial charge in [-0.25, -0.2) is 0 Å². The van der Waals surface area contributed by atoms with Crippen LogP contribution in [0.2, 0.25) is 0 Å². The molecule has 18 heavy (non-hydrogen) atoms. The van der Waals surface area contributed by atoms with Crippen molar-refractivity contribution in [2.45, 2.75) is 31.6 Å². The van der Waals surface area contributed by atoms with Crippen molar-refractivity contribution in [3.8, 4) is 0 Å². The third-order valence-electron chi connectivity index (χ3n) is 4.09. The van der Waals surface area contributed by atoms with Crippen molar-refractivity contribution < 1.29 is 14.2 Å². The Morgan fingerprint density at radius 1 is 1.22 bits per heavy atom. The molecule has 1 heterocycles. The Bertz CT molecular complexity index is 228. The number of hydrogen-bond acceptors (Lipinski definition) is 5. The van der Waals surface area contributed by atoms with Crippen molar-refractivity contribution in [1.82, 2.24) is 4.90 Å². The van der Waals surface area contributed by atoms with E-state index >= 15 is 0 Å². The maximum Gasteiger partial charge on any atom is 0.176 e. The number of nitrogens with two attached hydrogens (primary N) is 1. The molecular formula is C13H28N2O3. The number of piperidine rings is 1. The number of methoxy groups -OCH3 is 3. The zero-order chi connectivity index (χ0) is 13.6. The highest BCUT2D eigenvalue weighted by molar-refractivity contribution is 4.93. The van der Waals surface area contributed by atoms with Gasteiger partial charge in [-0.05, 0) is 38.8 Å².